The molecule has 3 atom stereocenters. The van der Waals surface area contributed by atoms with E-state index in [1.807, 2.05) is 4.90 Å². The molecule has 0 radical (unpaired) electrons. The SMILES string of the molecule is O=C(c1ccoc1)N1CC[C@@H]2O[C@H](COCC3CCOCC3)CC[C@@H]21. The number of hydrogen-bond donors (Lipinski definition) is 0. The van der Waals surface area contributed by atoms with Gasteiger partial charge in [0.2, 0.25) is 0 Å². The normalized spacial score (nSPS) is 30.4. The zero-order valence-corrected chi connectivity index (χ0v) is 14.6. The molecule has 1 aromatic rings. The fourth-order valence-electron chi connectivity index (χ4n) is 4.20. The van der Waals surface area contributed by atoms with Gasteiger partial charge in [0.05, 0.1) is 36.7 Å². The molecule has 4 rings (SSSR count). The van der Waals surface area contributed by atoms with Gasteiger partial charge in [-0.15, -0.1) is 0 Å². The number of carbonyl (C=O) groups excluding carboxylic acids is 1. The second-order valence-corrected chi connectivity index (χ2v) is 7.33. The van der Waals surface area contributed by atoms with Crippen molar-refractivity contribution in [2.24, 2.45) is 5.92 Å². The summed E-state index contributed by atoms with van der Waals surface area (Å²) in [6.45, 7) is 3.95. The predicted molar refractivity (Wildman–Crippen MR) is 90.4 cm³/mol. The molecule has 25 heavy (non-hydrogen) atoms. The highest BCUT2D eigenvalue weighted by Crippen LogP contribution is 2.32. The van der Waals surface area contributed by atoms with E-state index in [1.54, 1.807) is 12.3 Å². The number of amides is 1. The number of rotatable bonds is 5. The smallest absolute Gasteiger partial charge is 0.257 e. The monoisotopic (exact) mass is 349 g/mol. The van der Waals surface area contributed by atoms with Crippen LogP contribution >= 0.6 is 0 Å². The minimum atomic E-state index is 0.0547. The average Bonchev–Trinajstić information content (AvgIpc) is 3.32. The van der Waals surface area contributed by atoms with E-state index in [2.05, 4.69) is 0 Å². The van der Waals surface area contributed by atoms with Crippen molar-refractivity contribution in [1.82, 2.24) is 4.90 Å². The number of carbonyl (C=O) groups is 1. The van der Waals surface area contributed by atoms with Crippen LogP contribution in [0.2, 0.25) is 0 Å². The van der Waals surface area contributed by atoms with Gasteiger partial charge in [-0.2, -0.15) is 0 Å². The summed E-state index contributed by atoms with van der Waals surface area (Å²) < 4.78 is 22.6. The molecule has 0 unspecified atom stereocenters. The van der Waals surface area contributed by atoms with Crippen molar-refractivity contribution in [2.75, 3.05) is 33.0 Å². The van der Waals surface area contributed by atoms with Crippen molar-refractivity contribution < 1.29 is 23.4 Å². The number of furan rings is 1. The van der Waals surface area contributed by atoms with Gasteiger partial charge in [-0.3, -0.25) is 4.79 Å². The summed E-state index contributed by atoms with van der Waals surface area (Å²) in [5.74, 6) is 0.679. The Morgan fingerprint density at radius 1 is 1.16 bits per heavy atom. The Morgan fingerprint density at radius 3 is 2.84 bits per heavy atom. The van der Waals surface area contributed by atoms with Gasteiger partial charge in [0.15, 0.2) is 0 Å². The average molecular weight is 349 g/mol. The molecule has 3 aliphatic rings. The molecule has 4 heterocycles. The third-order valence-electron chi connectivity index (χ3n) is 5.66. The van der Waals surface area contributed by atoms with Gasteiger partial charge in [-0.25, -0.2) is 0 Å². The summed E-state index contributed by atoms with van der Waals surface area (Å²) in [7, 11) is 0. The fourth-order valence-corrected chi connectivity index (χ4v) is 4.20. The Labute approximate surface area is 148 Å². The van der Waals surface area contributed by atoms with E-state index in [0.29, 0.717) is 18.1 Å². The summed E-state index contributed by atoms with van der Waals surface area (Å²) in [5, 5.41) is 0. The van der Waals surface area contributed by atoms with Crippen LogP contribution in [0.25, 0.3) is 0 Å². The molecule has 0 spiro atoms. The first-order valence-electron chi connectivity index (χ1n) is 9.45. The molecular formula is C19H27NO5. The summed E-state index contributed by atoms with van der Waals surface area (Å²) in [6.07, 6.45) is 8.40. The summed E-state index contributed by atoms with van der Waals surface area (Å²) in [5.41, 5.74) is 0.627. The molecule has 6 heteroatoms. The Bertz CT molecular complexity index is 554. The largest absolute Gasteiger partial charge is 0.472 e. The number of likely N-dealkylation sites (tertiary alicyclic amines) is 1. The number of hydrogen-bond acceptors (Lipinski definition) is 5. The van der Waals surface area contributed by atoms with Crippen molar-refractivity contribution in [3.05, 3.63) is 24.2 Å². The Kier molecular flexibility index (Phi) is 5.39. The maximum atomic E-state index is 12.6. The van der Waals surface area contributed by atoms with Crippen molar-refractivity contribution >= 4 is 5.91 Å². The third-order valence-corrected chi connectivity index (χ3v) is 5.66. The fraction of sp³-hybridized carbons (Fsp3) is 0.737. The highest BCUT2D eigenvalue weighted by molar-refractivity contribution is 5.94. The lowest BCUT2D eigenvalue weighted by atomic mass is 9.99. The minimum absolute atomic E-state index is 0.0547. The van der Waals surface area contributed by atoms with E-state index in [0.717, 1.165) is 58.5 Å². The lowest BCUT2D eigenvalue weighted by molar-refractivity contribution is -0.102. The third kappa shape index (κ3) is 3.91. The van der Waals surface area contributed by atoms with Crippen LogP contribution in [0.3, 0.4) is 0 Å². The topological polar surface area (TPSA) is 61.1 Å². The van der Waals surface area contributed by atoms with Crippen molar-refractivity contribution in [2.45, 2.75) is 50.4 Å². The van der Waals surface area contributed by atoms with Crippen LogP contribution in [0, 0.1) is 5.92 Å². The number of ether oxygens (including phenoxy) is 3. The molecule has 138 valence electrons. The Balaban J connectivity index is 1.23. The van der Waals surface area contributed by atoms with Gasteiger partial charge < -0.3 is 23.5 Å². The lowest BCUT2D eigenvalue weighted by Gasteiger charge is -2.36. The maximum absolute atomic E-state index is 12.6. The molecule has 3 saturated heterocycles. The Hall–Kier alpha value is -1.37. The highest BCUT2D eigenvalue weighted by atomic mass is 16.5. The molecule has 3 aliphatic heterocycles. The van der Waals surface area contributed by atoms with Crippen molar-refractivity contribution in [3.8, 4) is 0 Å². The second kappa shape index (κ2) is 7.89. The molecule has 1 amide bonds. The van der Waals surface area contributed by atoms with Gasteiger partial charge in [0, 0.05) is 26.4 Å². The van der Waals surface area contributed by atoms with Crippen LogP contribution in [0.5, 0.6) is 0 Å². The molecule has 0 N–H and O–H groups in total. The van der Waals surface area contributed by atoms with Crippen LogP contribution in [0.1, 0.15) is 42.5 Å². The maximum Gasteiger partial charge on any atom is 0.257 e. The zero-order chi connectivity index (χ0) is 17.1. The van der Waals surface area contributed by atoms with E-state index in [1.165, 1.54) is 6.26 Å². The van der Waals surface area contributed by atoms with Crippen LogP contribution in [0.15, 0.2) is 23.0 Å². The van der Waals surface area contributed by atoms with Crippen LogP contribution in [-0.4, -0.2) is 62.0 Å². The van der Waals surface area contributed by atoms with Crippen LogP contribution < -0.4 is 0 Å². The van der Waals surface area contributed by atoms with Gasteiger partial charge >= 0.3 is 0 Å². The molecule has 0 saturated carbocycles. The van der Waals surface area contributed by atoms with Crippen LogP contribution in [-0.2, 0) is 14.2 Å². The molecule has 3 fully saturated rings. The number of fused-ring (bicyclic) bond motifs is 1. The molecule has 6 nitrogen and oxygen atoms in total. The van der Waals surface area contributed by atoms with E-state index in [-0.39, 0.29) is 24.2 Å². The predicted octanol–water partition coefficient (Wildman–Crippen LogP) is 2.48. The van der Waals surface area contributed by atoms with E-state index >= 15 is 0 Å². The quantitative estimate of drug-likeness (QED) is 0.817. The first kappa shape index (κ1) is 17.1. The highest BCUT2D eigenvalue weighted by Gasteiger charge is 2.42. The summed E-state index contributed by atoms with van der Waals surface area (Å²) >= 11 is 0. The molecule has 0 aliphatic carbocycles. The Morgan fingerprint density at radius 2 is 2.04 bits per heavy atom. The molecular weight excluding hydrogens is 322 g/mol. The van der Waals surface area contributed by atoms with Gasteiger partial charge in [-0.05, 0) is 44.1 Å². The first-order chi connectivity index (χ1) is 12.3. The summed E-state index contributed by atoms with van der Waals surface area (Å²) in [6, 6.07) is 1.92. The van der Waals surface area contributed by atoms with Gasteiger partial charge in [0.1, 0.15) is 6.26 Å². The molecule has 0 bridgehead atoms. The van der Waals surface area contributed by atoms with Crippen molar-refractivity contribution in [3.63, 3.8) is 0 Å². The lowest BCUT2D eigenvalue weighted by Crippen LogP contribution is -2.46. The van der Waals surface area contributed by atoms with E-state index in [9.17, 15) is 4.79 Å². The standard InChI is InChI=1S/C19H27NO5/c21-19(15-6-10-23-12-15)20-7-3-18-17(20)2-1-16(25-18)13-24-11-14-4-8-22-9-5-14/h6,10,12,14,16-18H,1-5,7-9,11,13H2/t16-,17-,18-/m0/s1. The minimum Gasteiger partial charge on any atom is -0.472 e. The molecule has 1 aromatic heterocycles. The van der Waals surface area contributed by atoms with Gasteiger partial charge in [0.25, 0.3) is 5.91 Å². The summed E-state index contributed by atoms with van der Waals surface area (Å²) in [4.78, 5) is 14.5. The molecule has 0 aromatic carbocycles. The van der Waals surface area contributed by atoms with Crippen molar-refractivity contribution in [1.29, 1.82) is 0 Å². The van der Waals surface area contributed by atoms with Crippen LogP contribution in [0.4, 0.5) is 0 Å². The zero-order valence-electron chi connectivity index (χ0n) is 14.6. The number of nitrogens with zero attached hydrogens (tertiary/aromatic N) is 1. The second-order valence-electron chi connectivity index (χ2n) is 7.33. The van der Waals surface area contributed by atoms with Gasteiger partial charge in [-0.1, -0.05) is 0 Å². The van der Waals surface area contributed by atoms with E-state index < -0.39 is 0 Å². The first-order valence-corrected chi connectivity index (χ1v) is 9.45. The van der Waals surface area contributed by atoms with E-state index in [4.69, 9.17) is 18.6 Å².